The first-order valence-electron chi connectivity index (χ1n) is 5.40. The van der Waals surface area contributed by atoms with Crippen LogP contribution in [0.3, 0.4) is 0 Å². The van der Waals surface area contributed by atoms with E-state index in [1.54, 1.807) is 12.3 Å². The van der Waals surface area contributed by atoms with Crippen molar-refractivity contribution in [1.29, 1.82) is 0 Å². The zero-order valence-electron chi connectivity index (χ0n) is 9.73. The van der Waals surface area contributed by atoms with Crippen LogP contribution in [0.25, 0.3) is 0 Å². The molecule has 0 fully saturated rings. The largest absolute Gasteiger partial charge is 0.324 e. The average Bonchev–Trinajstić information content (AvgIpc) is 2.33. The molecule has 0 aliphatic rings. The fraction of sp³-hybridized carbons (Fsp3) is 0.154. The molecule has 0 aliphatic heterocycles. The first-order valence-corrected chi connectivity index (χ1v) is 6.22. The minimum atomic E-state index is -0.590. The molecule has 1 aromatic heterocycles. The van der Waals surface area contributed by atoms with E-state index in [9.17, 15) is 8.78 Å². The van der Waals surface area contributed by atoms with E-state index in [0.29, 0.717) is 9.92 Å². The summed E-state index contributed by atoms with van der Waals surface area (Å²) in [6.45, 7) is 1.86. The number of pyridine rings is 1. The number of nitrogens with zero attached hydrogens (tertiary/aromatic N) is 1. The summed E-state index contributed by atoms with van der Waals surface area (Å²) >= 11 is 1.15. The maximum absolute atomic E-state index is 13.5. The molecule has 1 heterocycles. The van der Waals surface area contributed by atoms with Crippen molar-refractivity contribution in [3.8, 4) is 0 Å². The second-order valence-electron chi connectivity index (χ2n) is 3.89. The van der Waals surface area contributed by atoms with Crippen LogP contribution in [-0.2, 0) is 0 Å². The molecule has 1 atom stereocenters. The highest BCUT2D eigenvalue weighted by molar-refractivity contribution is 7.99. The summed E-state index contributed by atoms with van der Waals surface area (Å²) in [7, 11) is 0. The summed E-state index contributed by atoms with van der Waals surface area (Å²) in [4.78, 5) is 4.47. The maximum atomic E-state index is 13.5. The SMILES string of the molecule is CC(N)c1ccnc(Sc2ccc(F)cc2F)c1. The lowest BCUT2D eigenvalue weighted by molar-refractivity contribution is 0.565. The molecule has 0 amide bonds. The van der Waals surface area contributed by atoms with Gasteiger partial charge >= 0.3 is 0 Å². The average molecular weight is 266 g/mol. The van der Waals surface area contributed by atoms with E-state index < -0.39 is 11.6 Å². The molecule has 1 aromatic carbocycles. The lowest BCUT2D eigenvalue weighted by Crippen LogP contribution is -2.04. The van der Waals surface area contributed by atoms with Crippen LogP contribution in [0, 0.1) is 11.6 Å². The molecule has 2 rings (SSSR count). The van der Waals surface area contributed by atoms with Gasteiger partial charge < -0.3 is 5.73 Å². The number of hydrogen-bond donors (Lipinski definition) is 1. The molecule has 1 unspecified atom stereocenters. The minimum absolute atomic E-state index is 0.106. The minimum Gasteiger partial charge on any atom is -0.324 e. The molecule has 0 spiro atoms. The molecule has 5 heteroatoms. The van der Waals surface area contributed by atoms with E-state index in [1.807, 2.05) is 13.0 Å². The Morgan fingerprint density at radius 1 is 1.22 bits per heavy atom. The molecule has 0 bridgehead atoms. The van der Waals surface area contributed by atoms with E-state index in [0.717, 1.165) is 23.4 Å². The van der Waals surface area contributed by atoms with Crippen LogP contribution in [0.2, 0.25) is 0 Å². The predicted molar refractivity (Wildman–Crippen MR) is 67.3 cm³/mol. The van der Waals surface area contributed by atoms with E-state index in [2.05, 4.69) is 4.98 Å². The lowest BCUT2D eigenvalue weighted by atomic mass is 10.1. The Hall–Kier alpha value is -1.46. The van der Waals surface area contributed by atoms with Gasteiger partial charge in [0.25, 0.3) is 0 Å². The summed E-state index contributed by atoms with van der Waals surface area (Å²) in [6.07, 6.45) is 1.63. The first kappa shape index (κ1) is 13.0. The van der Waals surface area contributed by atoms with Crippen molar-refractivity contribution in [2.75, 3.05) is 0 Å². The molecule has 2 N–H and O–H groups in total. The molecule has 94 valence electrons. The summed E-state index contributed by atoms with van der Waals surface area (Å²) < 4.78 is 26.3. The van der Waals surface area contributed by atoms with Gasteiger partial charge in [0.2, 0.25) is 0 Å². The maximum Gasteiger partial charge on any atom is 0.140 e. The highest BCUT2D eigenvalue weighted by Gasteiger charge is 2.08. The Morgan fingerprint density at radius 2 is 2.00 bits per heavy atom. The van der Waals surface area contributed by atoms with E-state index in [-0.39, 0.29) is 6.04 Å². The van der Waals surface area contributed by atoms with Crippen LogP contribution >= 0.6 is 11.8 Å². The number of rotatable bonds is 3. The van der Waals surface area contributed by atoms with Crippen LogP contribution in [0.15, 0.2) is 46.5 Å². The van der Waals surface area contributed by atoms with Crippen LogP contribution in [0.1, 0.15) is 18.5 Å². The van der Waals surface area contributed by atoms with Gasteiger partial charge in [-0.25, -0.2) is 13.8 Å². The first-order chi connectivity index (χ1) is 8.56. The molecular formula is C13H12F2N2S. The van der Waals surface area contributed by atoms with Crippen molar-refractivity contribution >= 4 is 11.8 Å². The summed E-state index contributed by atoms with van der Waals surface area (Å²) in [5.74, 6) is -1.18. The molecule has 0 saturated carbocycles. The van der Waals surface area contributed by atoms with Gasteiger partial charge in [0.05, 0.1) is 0 Å². The second-order valence-corrected chi connectivity index (χ2v) is 4.96. The van der Waals surface area contributed by atoms with Gasteiger partial charge in [0, 0.05) is 23.2 Å². The normalized spacial score (nSPS) is 12.4. The predicted octanol–water partition coefficient (Wildman–Crippen LogP) is 3.53. The van der Waals surface area contributed by atoms with E-state index >= 15 is 0 Å². The molecular weight excluding hydrogens is 254 g/mol. The Labute approximate surface area is 108 Å². The topological polar surface area (TPSA) is 38.9 Å². The van der Waals surface area contributed by atoms with Crippen LogP contribution in [-0.4, -0.2) is 4.98 Å². The third kappa shape index (κ3) is 3.05. The molecule has 2 aromatic rings. The summed E-state index contributed by atoms with van der Waals surface area (Å²) in [5, 5.41) is 0.635. The van der Waals surface area contributed by atoms with Crippen LogP contribution < -0.4 is 5.73 Å². The second kappa shape index (κ2) is 5.46. The third-order valence-corrected chi connectivity index (χ3v) is 3.38. The number of halogens is 2. The lowest BCUT2D eigenvalue weighted by Gasteiger charge is -2.07. The Bertz CT molecular complexity index is 558. The van der Waals surface area contributed by atoms with Gasteiger partial charge in [0.15, 0.2) is 0 Å². The van der Waals surface area contributed by atoms with E-state index in [4.69, 9.17) is 5.73 Å². The monoisotopic (exact) mass is 266 g/mol. The molecule has 0 aliphatic carbocycles. The van der Waals surface area contributed by atoms with E-state index in [1.165, 1.54) is 12.1 Å². The highest BCUT2D eigenvalue weighted by Crippen LogP contribution is 2.29. The summed E-state index contributed by atoms with van der Waals surface area (Å²) in [5.41, 5.74) is 6.69. The molecule has 0 radical (unpaired) electrons. The van der Waals surface area contributed by atoms with Gasteiger partial charge in [-0.2, -0.15) is 0 Å². The number of hydrogen-bond acceptors (Lipinski definition) is 3. The van der Waals surface area contributed by atoms with Crippen molar-refractivity contribution in [3.05, 3.63) is 53.7 Å². The number of nitrogens with two attached hydrogens (primary N) is 1. The highest BCUT2D eigenvalue weighted by atomic mass is 32.2. The Morgan fingerprint density at radius 3 is 2.67 bits per heavy atom. The molecule has 0 saturated heterocycles. The van der Waals surface area contributed by atoms with Crippen LogP contribution in [0.5, 0.6) is 0 Å². The van der Waals surface area contributed by atoms with Crippen molar-refractivity contribution in [1.82, 2.24) is 4.98 Å². The Balaban J connectivity index is 2.25. The van der Waals surface area contributed by atoms with Gasteiger partial charge in [-0.3, -0.25) is 0 Å². The molecule has 18 heavy (non-hydrogen) atoms. The number of aromatic nitrogens is 1. The number of benzene rings is 1. The van der Waals surface area contributed by atoms with Gasteiger partial charge in [-0.1, -0.05) is 11.8 Å². The fourth-order valence-corrected chi connectivity index (χ4v) is 2.26. The third-order valence-electron chi connectivity index (χ3n) is 2.39. The van der Waals surface area contributed by atoms with Crippen molar-refractivity contribution < 1.29 is 8.78 Å². The standard InChI is InChI=1S/C13H12F2N2S/c1-8(16)9-4-5-17-13(6-9)18-12-3-2-10(14)7-11(12)15/h2-8H,16H2,1H3. The van der Waals surface area contributed by atoms with Gasteiger partial charge in [0.1, 0.15) is 16.7 Å². The quantitative estimate of drug-likeness (QED) is 0.923. The van der Waals surface area contributed by atoms with Crippen LogP contribution in [0.4, 0.5) is 8.78 Å². The van der Waals surface area contributed by atoms with Gasteiger partial charge in [-0.15, -0.1) is 0 Å². The summed E-state index contributed by atoms with van der Waals surface area (Å²) in [6, 6.07) is 6.99. The van der Waals surface area contributed by atoms with Gasteiger partial charge in [-0.05, 0) is 36.8 Å². The molecule has 2 nitrogen and oxygen atoms in total. The van der Waals surface area contributed by atoms with Crippen molar-refractivity contribution in [2.45, 2.75) is 22.9 Å². The van der Waals surface area contributed by atoms with Crippen molar-refractivity contribution in [2.24, 2.45) is 5.73 Å². The smallest absolute Gasteiger partial charge is 0.140 e. The van der Waals surface area contributed by atoms with Crippen molar-refractivity contribution in [3.63, 3.8) is 0 Å². The zero-order chi connectivity index (χ0) is 13.1. The Kier molecular flexibility index (Phi) is 3.93. The fourth-order valence-electron chi connectivity index (χ4n) is 1.43. The zero-order valence-corrected chi connectivity index (χ0v) is 10.5.